The number of methoxy groups -OCH3 is 2. The molecule has 0 saturated carbocycles. The maximum atomic E-state index is 11.3. The number of rotatable bonds is 6. The van der Waals surface area contributed by atoms with Gasteiger partial charge in [-0.2, -0.15) is 0 Å². The van der Waals surface area contributed by atoms with Crippen molar-refractivity contribution in [2.75, 3.05) is 14.2 Å². The van der Waals surface area contributed by atoms with Crippen LogP contribution in [0, 0.1) is 11.8 Å². The van der Waals surface area contributed by atoms with Crippen LogP contribution in [0.2, 0.25) is 0 Å². The second kappa shape index (κ2) is 7.26. The summed E-state index contributed by atoms with van der Waals surface area (Å²) in [5.74, 6) is -0.694. The van der Waals surface area contributed by atoms with Crippen LogP contribution < -0.4 is 0 Å². The minimum Gasteiger partial charge on any atom is -0.469 e. The lowest BCUT2D eigenvalue weighted by Crippen LogP contribution is -2.19. The molecule has 2 atom stereocenters. The molecule has 4 nitrogen and oxygen atoms in total. The van der Waals surface area contributed by atoms with E-state index >= 15 is 0 Å². The van der Waals surface area contributed by atoms with Gasteiger partial charge in [-0.3, -0.25) is 9.59 Å². The maximum Gasteiger partial charge on any atom is 0.308 e. The average Bonchev–Trinajstić information content (AvgIpc) is 2.27. The highest BCUT2D eigenvalue weighted by Crippen LogP contribution is 2.17. The molecule has 0 bridgehead atoms. The predicted molar refractivity (Wildman–Crippen MR) is 56.2 cm³/mol. The Morgan fingerprint density at radius 3 is 2.00 bits per heavy atom. The molecule has 88 valence electrons. The van der Waals surface area contributed by atoms with Gasteiger partial charge < -0.3 is 9.47 Å². The molecule has 0 aromatic carbocycles. The highest BCUT2D eigenvalue weighted by molar-refractivity contribution is 5.73. The molecule has 15 heavy (non-hydrogen) atoms. The molecule has 0 N–H and O–H groups in total. The molecule has 0 aromatic heterocycles. The van der Waals surface area contributed by atoms with Crippen LogP contribution in [0.5, 0.6) is 0 Å². The van der Waals surface area contributed by atoms with Gasteiger partial charge in [-0.25, -0.2) is 0 Å². The molecule has 2 unspecified atom stereocenters. The Hall–Kier alpha value is -1.06. The smallest absolute Gasteiger partial charge is 0.308 e. The number of hydrogen-bond donors (Lipinski definition) is 0. The van der Waals surface area contributed by atoms with E-state index in [-0.39, 0.29) is 23.8 Å². The molecule has 0 aliphatic rings. The van der Waals surface area contributed by atoms with Crippen LogP contribution in [0.25, 0.3) is 0 Å². The van der Waals surface area contributed by atoms with E-state index in [4.69, 9.17) is 0 Å². The first-order valence-electron chi connectivity index (χ1n) is 5.22. The van der Waals surface area contributed by atoms with Crippen molar-refractivity contribution in [2.24, 2.45) is 11.8 Å². The van der Waals surface area contributed by atoms with Gasteiger partial charge >= 0.3 is 11.9 Å². The largest absolute Gasteiger partial charge is 0.469 e. The van der Waals surface area contributed by atoms with Gasteiger partial charge in [0.25, 0.3) is 0 Å². The molecule has 0 aliphatic heterocycles. The van der Waals surface area contributed by atoms with Crippen molar-refractivity contribution in [3.8, 4) is 0 Å². The van der Waals surface area contributed by atoms with E-state index < -0.39 is 0 Å². The fourth-order valence-corrected chi connectivity index (χ4v) is 1.43. The number of hydrogen-bond acceptors (Lipinski definition) is 4. The molecule has 0 saturated heterocycles. The first-order chi connectivity index (χ1) is 7.06. The minimum absolute atomic E-state index is 0.109. The fourth-order valence-electron chi connectivity index (χ4n) is 1.43. The Bertz CT molecular complexity index is 213. The lowest BCUT2D eigenvalue weighted by Gasteiger charge is -2.14. The monoisotopic (exact) mass is 216 g/mol. The Morgan fingerprint density at radius 2 is 1.60 bits per heavy atom. The molecule has 0 aliphatic carbocycles. The molecule has 4 heteroatoms. The second-order valence-corrected chi connectivity index (χ2v) is 3.63. The van der Waals surface area contributed by atoms with Gasteiger partial charge in [-0.15, -0.1) is 0 Å². The zero-order valence-corrected chi connectivity index (χ0v) is 9.91. The Labute approximate surface area is 90.9 Å². The summed E-state index contributed by atoms with van der Waals surface area (Å²) in [7, 11) is 2.76. The molecular weight excluding hydrogens is 196 g/mol. The summed E-state index contributed by atoms with van der Waals surface area (Å²) in [5, 5.41) is 0. The number of carbonyl (C=O) groups excluding carboxylic acids is 2. The molecule has 0 fully saturated rings. The summed E-state index contributed by atoms with van der Waals surface area (Å²) in [5.41, 5.74) is 0. The summed E-state index contributed by atoms with van der Waals surface area (Å²) in [6.07, 6.45) is 2.06. The van der Waals surface area contributed by atoms with E-state index in [0.717, 1.165) is 6.42 Å². The Balaban J connectivity index is 4.00. The second-order valence-electron chi connectivity index (χ2n) is 3.63. The molecule has 0 aromatic rings. The van der Waals surface area contributed by atoms with Crippen LogP contribution in [0.1, 0.15) is 33.1 Å². The van der Waals surface area contributed by atoms with Crippen molar-refractivity contribution < 1.29 is 19.1 Å². The standard InChI is InChI=1S/C11H20O4/c1-5-9(11(13)15-4)7-6-8(2)10(12)14-3/h8-9H,5-7H2,1-4H3. The van der Waals surface area contributed by atoms with Crippen molar-refractivity contribution in [2.45, 2.75) is 33.1 Å². The third-order valence-corrected chi connectivity index (χ3v) is 2.58. The number of esters is 2. The highest BCUT2D eigenvalue weighted by Gasteiger charge is 2.20. The van der Waals surface area contributed by atoms with Crippen molar-refractivity contribution in [3.05, 3.63) is 0 Å². The quantitative estimate of drug-likeness (QED) is 0.635. The molecule has 0 amide bonds. The van der Waals surface area contributed by atoms with E-state index in [1.54, 1.807) is 6.92 Å². The summed E-state index contributed by atoms with van der Waals surface area (Å²) >= 11 is 0. The first-order valence-corrected chi connectivity index (χ1v) is 5.22. The van der Waals surface area contributed by atoms with Gasteiger partial charge in [0.05, 0.1) is 26.1 Å². The normalized spacial score (nSPS) is 14.1. The average molecular weight is 216 g/mol. The first kappa shape index (κ1) is 13.9. The minimum atomic E-state index is -0.227. The molecule has 0 heterocycles. The van der Waals surface area contributed by atoms with Crippen LogP contribution in [0.4, 0.5) is 0 Å². The van der Waals surface area contributed by atoms with Gasteiger partial charge in [-0.1, -0.05) is 13.8 Å². The topological polar surface area (TPSA) is 52.6 Å². The van der Waals surface area contributed by atoms with Crippen molar-refractivity contribution >= 4 is 11.9 Å². The van der Waals surface area contributed by atoms with E-state index in [0.29, 0.717) is 12.8 Å². The van der Waals surface area contributed by atoms with Crippen molar-refractivity contribution in [1.29, 1.82) is 0 Å². The third-order valence-electron chi connectivity index (χ3n) is 2.58. The van der Waals surface area contributed by atoms with E-state index in [9.17, 15) is 9.59 Å². The summed E-state index contributed by atoms with van der Waals surface area (Å²) < 4.78 is 9.28. The lowest BCUT2D eigenvalue weighted by molar-refractivity contribution is -0.148. The van der Waals surface area contributed by atoms with Crippen LogP contribution in [0.3, 0.4) is 0 Å². The van der Waals surface area contributed by atoms with Gasteiger partial charge in [0.15, 0.2) is 0 Å². The SMILES string of the molecule is CCC(CCC(C)C(=O)OC)C(=O)OC. The zero-order chi connectivity index (χ0) is 11.8. The zero-order valence-electron chi connectivity index (χ0n) is 9.91. The van der Waals surface area contributed by atoms with E-state index in [1.165, 1.54) is 14.2 Å². The Morgan fingerprint density at radius 1 is 1.07 bits per heavy atom. The van der Waals surface area contributed by atoms with E-state index in [1.807, 2.05) is 6.92 Å². The molecule has 0 rings (SSSR count). The van der Waals surface area contributed by atoms with Gasteiger partial charge in [0.1, 0.15) is 0 Å². The van der Waals surface area contributed by atoms with Gasteiger partial charge in [0, 0.05) is 0 Å². The molecule has 0 radical (unpaired) electrons. The van der Waals surface area contributed by atoms with Crippen LogP contribution in [-0.2, 0) is 19.1 Å². The molecular formula is C11H20O4. The van der Waals surface area contributed by atoms with E-state index in [2.05, 4.69) is 9.47 Å². The van der Waals surface area contributed by atoms with Crippen molar-refractivity contribution in [3.63, 3.8) is 0 Å². The summed E-state index contributed by atoms with van der Waals surface area (Å²) in [6.45, 7) is 3.74. The summed E-state index contributed by atoms with van der Waals surface area (Å²) in [4.78, 5) is 22.4. The number of ether oxygens (including phenoxy) is 2. The maximum absolute atomic E-state index is 11.3. The number of carbonyl (C=O) groups is 2. The third kappa shape index (κ3) is 4.81. The van der Waals surface area contributed by atoms with Crippen LogP contribution >= 0.6 is 0 Å². The van der Waals surface area contributed by atoms with Gasteiger partial charge in [-0.05, 0) is 19.3 Å². The molecule has 0 spiro atoms. The summed E-state index contributed by atoms with van der Waals surface area (Å²) in [6, 6.07) is 0. The van der Waals surface area contributed by atoms with Crippen molar-refractivity contribution in [1.82, 2.24) is 0 Å². The lowest BCUT2D eigenvalue weighted by atomic mass is 9.95. The fraction of sp³-hybridized carbons (Fsp3) is 0.818. The van der Waals surface area contributed by atoms with Crippen LogP contribution in [0.15, 0.2) is 0 Å². The highest BCUT2D eigenvalue weighted by atomic mass is 16.5. The Kier molecular flexibility index (Phi) is 6.75. The predicted octanol–water partition coefficient (Wildman–Crippen LogP) is 1.77. The van der Waals surface area contributed by atoms with Crippen LogP contribution in [-0.4, -0.2) is 26.2 Å². The van der Waals surface area contributed by atoms with Gasteiger partial charge in [0.2, 0.25) is 0 Å².